The quantitative estimate of drug-likeness (QED) is 0.648. The lowest BCUT2D eigenvalue weighted by atomic mass is 10.1. The van der Waals surface area contributed by atoms with E-state index in [9.17, 15) is 10.1 Å². The number of aromatic nitrogens is 2. The van der Waals surface area contributed by atoms with Gasteiger partial charge < -0.3 is 10.6 Å². The first-order chi connectivity index (χ1) is 8.54. The number of anilines is 2. The molecule has 0 aromatic carbocycles. The van der Waals surface area contributed by atoms with E-state index in [4.69, 9.17) is 5.73 Å². The van der Waals surface area contributed by atoms with Crippen molar-refractivity contribution in [2.75, 3.05) is 17.2 Å². The Balaban J connectivity index is 2.51. The van der Waals surface area contributed by atoms with Crippen LogP contribution >= 0.6 is 0 Å². The van der Waals surface area contributed by atoms with Crippen molar-refractivity contribution >= 4 is 17.5 Å². The van der Waals surface area contributed by atoms with E-state index in [0.29, 0.717) is 17.6 Å². The fraction of sp³-hybridized carbons (Fsp3) is 0.636. The Morgan fingerprint density at radius 2 is 2.28 bits per heavy atom. The van der Waals surface area contributed by atoms with Crippen LogP contribution in [0.3, 0.4) is 0 Å². The van der Waals surface area contributed by atoms with Crippen LogP contribution in [-0.4, -0.2) is 27.5 Å². The van der Waals surface area contributed by atoms with E-state index in [1.54, 1.807) is 6.92 Å². The molecule has 0 radical (unpaired) electrons. The lowest BCUT2D eigenvalue weighted by Crippen LogP contribution is -2.30. The van der Waals surface area contributed by atoms with Gasteiger partial charge in [-0.05, 0) is 26.2 Å². The van der Waals surface area contributed by atoms with Gasteiger partial charge in [0.25, 0.3) is 0 Å². The van der Waals surface area contributed by atoms with E-state index < -0.39 is 4.92 Å². The van der Waals surface area contributed by atoms with Gasteiger partial charge in [-0.1, -0.05) is 6.92 Å². The second kappa shape index (κ2) is 4.75. The molecule has 1 aliphatic rings. The Bertz CT molecular complexity index is 477. The molecule has 0 bridgehead atoms. The number of hydrogen-bond acceptors (Lipinski definition) is 6. The van der Waals surface area contributed by atoms with E-state index in [2.05, 4.69) is 16.9 Å². The average molecular weight is 251 g/mol. The van der Waals surface area contributed by atoms with Crippen LogP contribution in [0.25, 0.3) is 0 Å². The molecule has 0 amide bonds. The molecule has 2 heterocycles. The minimum absolute atomic E-state index is 0.0236. The monoisotopic (exact) mass is 251 g/mol. The van der Waals surface area contributed by atoms with Crippen LogP contribution < -0.4 is 10.6 Å². The van der Waals surface area contributed by atoms with Gasteiger partial charge in [0, 0.05) is 12.6 Å². The Morgan fingerprint density at radius 3 is 2.89 bits per heavy atom. The van der Waals surface area contributed by atoms with Crippen molar-refractivity contribution in [3.05, 3.63) is 15.8 Å². The standard InChI is InChI=1S/C11H17N5O2/c1-3-8-5-4-6-15(8)10-9(16(17)18)7(2)13-11(12)14-10/h8H,3-6H2,1-2H3,(H2,12,13,14). The summed E-state index contributed by atoms with van der Waals surface area (Å²) in [6.45, 7) is 4.46. The smallest absolute Gasteiger partial charge is 0.332 e. The Labute approximate surface area is 105 Å². The number of nitrogen functional groups attached to an aromatic ring is 1. The highest BCUT2D eigenvalue weighted by molar-refractivity contribution is 5.62. The van der Waals surface area contributed by atoms with Gasteiger partial charge >= 0.3 is 5.69 Å². The first-order valence-corrected chi connectivity index (χ1v) is 6.09. The molecule has 1 aliphatic heterocycles. The van der Waals surface area contributed by atoms with Crippen LogP contribution in [0.4, 0.5) is 17.5 Å². The molecule has 18 heavy (non-hydrogen) atoms. The molecule has 7 heteroatoms. The first-order valence-electron chi connectivity index (χ1n) is 6.09. The van der Waals surface area contributed by atoms with E-state index in [-0.39, 0.29) is 11.6 Å². The number of rotatable bonds is 3. The third-order valence-electron chi connectivity index (χ3n) is 3.36. The van der Waals surface area contributed by atoms with Crippen molar-refractivity contribution in [1.29, 1.82) is 0 Å². The molecule has 1 aromatic heterocycles. The van der Waals surface area contributed by atoms with Gasteiger partial charge in [-0.15, -0.1) is 0 Å². The second-order valence-electron chi connectivity index (χ2n) is 4.49. The maximum atomic E-state index is 11.2. The summed E-state index contributed by atoms with van der Waals surface area (Å²) < 4.78 is 0. The van der Waals surface area contributed by atoms with Gasteiger partial charge in [-0.25, -0.2) is 4.98 Å². The maximum Gasteiger partial charge on any atom is 0.332 e. The highest BCUT2D eigenvalue weighted by Gasteiger charge is 2.32. The van der Waals surface area contributed by atoms with Crippen molar-refractivity contribution in [3.8, 4) is 0 Å². The summed E-state index contributed by atoms with van der Waals surface area (Å²) in [6.07, 6.45) is 3.01. The third kappa shape index (κ3) is 2.07. The Kier molecular flexibility index (Phi) is 3.31. The fourth-order valence-corrected chi connectivity index (χ4v) is 2.53. The number of aryl methyl sites for hydroxylation is 1. The normalized spacial score (nSPS) is 19.2. The number of hydrogen-bond donors (Lipinski definition) is 1. The molecule has 0 saturated carbocycles. The molecule has 0 aliphatic carbocycles. The van der Waals surface area contributed by atoms with Crippen molar-refractivity contribution in [2.24, 2.45) is 0 Å². The van der Waals surface area contributed by atoms with Crippen LogP contribution in [0.1, 0.15) is 31.9 Å². The van der Waals surface area contributed by atoms with E-state index in [1.807, 2.05) is 4.90 Å². The predicted octanol–water partition coefficient (Wildman–Crippen LogP) is 1.65. The van der Waals surface area contributed by atoms with Crippen molar-refractivity contribution in [3.63, 3.8) is 0 Å². The first kappa shape index (κ1) is 12.5. The zero-order valence-electron chi connectivity index (χ0n) is 10.6. The molecule has 1 aromatic rings. The number of nitrogens with zero attached hydrogens (tertiary/aromatic N) is 4. The molecule has 1 unspecified atom stereocenters. The fourth-order valence-electron chi connectivity index (χ4n) is 2.53. The van der Waals surface area contributed by atoms with Crippen LogP contribution in [0.5, 0.6) is 0 Å². The second-order valence-corrected chi connectivity index (χ2v) is 4.49. The van der Waals surface area contributed by atoms with Crippen LogP contribution in [-0.2, 0) is 0 Å². The van der Waals surface area contributed by atoms with E-state index in [0.717, 1.165) is 25.8 Å². The highest BCUT2D eigenvalue weighted by Crippen LogP contribution is 2.34. The van der Waals surface area contributed by atoms with Gasteiger partial charge in [0.05, 0.1) is 4.92 Å². The highest BCUT2D eigenvalue weighted by atomic mass is 16.6. The van der Waals surface area contributed by atoms with Crippen LogP contribution in [0.2, 0.25) is 0 Å². The molecule has 1 saturated heterocycles. The molecule has 2 rings (SSSR count). The van der Waals surface area contributed by atoms with Gasteiger partial charge in [0.2, 0.25) is 11.8 Å². The lowest BCUT2D eigenvalue weighted by molar-refractivity contribution is -0.385. The van der Waals surface area contributed by atoms with Crippen molar-refractivity contribution < 1.29 is 4.92 Å². The Morgan fingerprint density at radius 1 is 1.56 bits per heavy atom. The topological polar surface area (TPSA) is 98.2 Å². The summed E-state index contributed by atoms with van der Waals surface area (Å²) in [7, 11) is 0. The molecule has 1 atom stereocenters. The summed E-state index contributed by atoms with van der Waals surface area (Å²) in [5, 5.41) is 11.2. The largest absolute Gasteiger partial charge is 0.368 e. The number of nitrogens with two attached hydrogens (primary N) is 1. The van der Waals surface area contributed by atoms with Crippen molar-refractivity contribution in [2.45, 2.75) is 39.2 Å². The van der Waals surface area contributed by atoms with Gasteiger partial charge in [0.15, 0.2) is 0 Å². The summed E-state index contributed by atoms with van der Waals surface area (Å²) in [6, 6.07) is 0.303. The maximum absolute atomic E-state index is 11.2. The van der Waals surface area contributed by atoms with E-state index >= 15 is 0 Å². The molecule has 98 valence electrons. The molecule has 7 nitrogen and oxygen atoms in total. The minimum atomic E-state index is -0.421. The van der Waals surface area contributed by atoms with E-state index in [1.165, 1.54) is 0 Å². The molecule has 2 N–H and O–H groups in total. The SMILES string of the molecule is CCC1CCCN1c1nc(N)nc(C)c1[N+](=O)[O-]. The molecular formula is C11H17N5O2. The zero-order chi connectivity index (χ0) is 13.3. The summed E-state index contributed by atoms with van der Waals surface area (Å²) in [4.78, 5) is 20.7. The molecule has 1 fully saturated rings. The number of nitro groups is 1. The molecule has 0 spiro atoms. The van der Waals surface area contributed by atoms with Crippen LogP contribution in [0, 0.1) is 17.0 Å². The predicted molar refractivity (Wildman–Crippen MR) is 68.5 cm³/mol. The summed E-state index contributed by atoms with van der Waals surface area (Å²) >= 11 is 0. The zero-order valence-corrected chi connectivity index (χ0v) is 10.6. The van der Waals surface area contributed by atoms with Crippen molar-refractivity contribution in [1.82, 2.24) is 9.97 Å². The minimum Gasteiger partial charge on any atom is -0.368 e. The van der Waals surface area contributed by atoms with Gasteiger partial charge in [-0.3, -0.25) is 10.1 Å². The average Bonchev–Trinajstić information content (AvgIpc) is 2.74. The van der Waals surface area contributed by atoms with Crippen LogP contribution in [0.15, 0.2) is 0 Å². The molecular weight excluding hydrogens is 234 g/mol. The summed E-state index contributed by atoms with van der Waals surface area (Å²) in [5.74, 6) is 0.462. The van der Waals surface area contributed by atoms with Gasteiger partial charge in [0.1, 0.15) is 5.69 Å². The third-order valence-corrected chi connectivity index (χ3v) is 3.36. The van der Waals surface area contributed by atoms with Gasteiger partial charge in [-0.2, -0.15) is 4.98 Å². The Hall–Kier alpha value is -1.92. The lowest BCUT2D eigenvalue weighted by Gasteiger charge is -2.24. The summed E-state index contributed by atoms with van der Waals surface area (Å²) in [5.41, 5.74) is 5.91.